The van der Waals surface area contributed by atoms with E-state index in [1.165, 1.54) is 0 Å². The van der Waals surface area contributed by atoms with E-state index in [0.29, 0.717) is 45.6 Å². The maximum Gasteiger partial charge on any atom is 0.306 e. The minimum Gasteiger partial charge on any atom is -0.466 e. The summed E-state index contributed by atoms with van der Waals surface area (Å²) in [5.41, 5.74) is 3.15. The summed E-state index contributed by atoms with van der Waals surface area (Å²) < 4.78 is 13.0. The minimum atomic E-state index is -0.786. The largest absolute Gasteiger partial charge is 0.466 e. The zero-order chi connectivity index (χ0) is 26.7. The van der Waals surface area contributed by atoms with Crippen molar-refractivity contribution >= 4 is 28.7 Å². The summed E-state index contributed by atoms with van der Waals surface area (Å²) in [7, 11) is 0. The highest BCUT2D eigenvalue weighted by molar-refractivity contribution is 5.91. The highest BCUT2D eigenvalue weighted by atomic mass is 16.5. The Hall–Kier alpha value is -3.72. The highest BCUT2D eigenvalue weighted by Gasteiger charge is 2.28. The zero-order valence-electron chi connectivity index (χ0n) is 21.9. The van der Waals surface area contributed by atoms with Gasteiger partial charge in [-0.2, -0.15) is 0 Å². The van der Waals surface area contributed by atoms with Gasteiger partial charge in [0.2, 0.25) is 11.8 Å². The van der Waals surface area contributed by atoms with Crippen molar-refractivity contribution in [2.24, 2.45) is 5.92 Å². The molecular formula is C29H36N4O5. The number of nitrogens with zero attached hydrogens (tertiary/aromatic N) is 2. The topological polar surface area (TPSA) is 112 Å². The molecule has 2 N–H and O–H groups in total. The van der Waals surface area contributed by atoms with Gasteiger partial charge in [-0.15, -0.1) is 0 Å². The summed E-state index contributed by atoms with van der Waals surface area (Å²) >= 11 is 0. The van der Waals surface area contributed by atoms with Crippen molar-refractivity contribution < 1.29 is 23.9 Å². The third kappa shape index (κ3) is 7.41. The van der Waals surface area contributed by atoms with E-state index in [9.17, 15) is 14.4 Å². The Morgan fingerprint density at radius 3 is 2.84 bits per heavy atom. The number of esters is 1. The Labute approximate surface area is 222 Å². The molecule has 1 aromatic carbocycles. The fourth-order valence-corrected chi connectivity index (χ4v) is 4.87. The van der Waals surface area contributed by atoms with E-state index in [0.717, 1.165) is 28.5 Å². The number of aryl methyl sites for hydroxylation is 1. The van der Waals surface area contributed by atoms with Gasteiger partial charge in [0.15, 0.2) is 0 Å². The molecule has 1 aliphatic heterocycles. The average Bonchev–Trinajstić information content (AvgIpc) is 3.27. The van der Waals surface area contributed by atoms with Gasteiger partial charge in [-0.05, 0) is 55.5 Å². The van der Waals surface area contributed by atoms with E-state index in [1.54, 1.807) is 19.3 Å². The molecule has 2 bridgehead atoms. The third-order valence-corrected chi connectivity index (χ3v) is 6.81. The van der Waals surface area contributed by atoms with Crippen LogP contribution in [-0.2, 0) is 43.2 Å². The van der Waals surface area contributed by atoms with Crippen LogP contribution in [0.1, 0.15) is 37.3 Å². The molecule has 4 rings (SSSR count). The zero-order valence-corrected chi connectivity index (χ0v) is 21.9. The monoisotopic (exact) mass is 520 g/mol. The molecule has 0 saturated heterocycles. The van der Waals surface area contributed by atoms with Gasteiger partial charge < -0.3 is 24.7 Å². The number of nitrogens with one attached hydrogen (secondary N) is 2. The molecule has 0 spiro atoms. The number of pyridine rings is 1. The molecule has 202 valence electrons. The summed E-state index contributed by atoms with van der Waals surface area (Å²) in [6.45, 7) is 3.98. The standard InChI is InChI=1S/C29H36N4O5/c1-2-38-27(34)19-22(7-5-6-21-10-12-30-13-11-21)28(35)32-25-18-23-20-33(26-9-4-3-8-24(23)26)15-17-37-16-14-31-29(25)36/h3-4,8-13,20,22,25H,2,5-7,14-19H2,1H3,(H,31,36)(H,32,35)/t22-,25+/m1/s1. The Morgan fingerprint density at radius 1 is 1.21 bits per heavy atom. The fourth-order valence-electron chi connectivity index (χ4n) is 4.87. The van der Waals surface area contributed by atoms with Crippen LogP contribution in [-0.4, -0.2) is 59.7 Å². The Balaban J connectivity index is 1.52. The van der Waals surface area contributed by atoms with Crippen molar-refractivity contribution in [3.8, 4) is 0 Å². The summed E-state index contributed by atoms with van der Waals surface area (Å²) in [5.74, 6) is -1.61. The van der Waals surface area contributed by atoms with Crippen molar-refractivity contribution in [2.75, 3.05) is 26.4 Å². The second-order valence-electron chi connectivity index (χ2n) is 9.49. The van der Waals surface area contributed by atoms with Crippen LogP contribution in [0, 0.1) is 5.92 Å². The van der Waals surface area contributed by atoms with E-state index in [4.69, 9.17) is 9.47 Å². The molecule has 9 heteroatoms. The number of hydrogen-bond acceptors (Lipinski definition) is 6. The van der Waals surface area contributed by atoms with Crippen LogP contribution >= 0.6 is 0 Å². The number of aromatic nitrogens is 2. The fraction of sp³-hybridized carbons (Fsp3) is 0.448. The van der Waals surface area contributed by atoms with Gasteiger partial charge in [-0.25, -0.2) is 0 Å². The van der Waals surface area contributed by atoms with Crippen molar-refractivity contribution in [1.82, 2.24) is 20.2 Å². The maximum atomic E-state index is 13.5. The smallest absolute Gasteiger partial charge is 0.306 e. The number of ether oxygens (including phenoxy) is 2. The molecule has 0 unspecified atom stereocenters. The molecule has 0 saturated carbocycles. The Kier molecular flexibility index (Phi) is 9.86. The second-order valence-corrected chi connectivity index (χ2v) is 9.49. The van der Waals surface area contributed by atoms with E-state index < -0.39 is 17.9 Å². The second kappa shape index (κ2) is 13.7. The molecule has 2 amide bonds. The number of benzene rings is 1. The first-order chi connectivity index (χ1) is 18.5. The number of rotatable bonds is 9. The molecule has 1 aliphatic rings. The minimum absolute atomic E-state index is 0.0303. The first-order valence-electron chi connectivity index (χ1n) is 13.3. The van der Waals surface area contributed by atoms with E-state index >= 15 is 0 Å². The molecule has 3 heterocycles. The summed E-state index contributed by atoms with van der Waals surface area (Å²) in [6.07, 6.45) is 7.79. The van der Waals surface area contributed by atoms with E-state index in [-0.39, 0.29) is 24.8 Å². The lowest BCUT2D eigenvalue weighted by Crippen LogP contribution is -2.50. The average molecular weight is 521 g/mol. The van der Waals surface area contributed by atoms with Crippen LogP contribution in [0.15, 0.2) is 55.0 Å². The lowest BCUT2D eigenvalue weighted by molar-refractivity contribution is -0.146. The van der Waals surface area contributed by atoms with Crippen molar-refractivity contribution in [3.05, 3.63) is 66.1 Å². The Morgan fingerprint density at radius 2 is 2.03 bits per heavy atom. The molecule has 0 aliphatic carbocycles. The SMILES string of the molecule is CCOC(=O)C[C@@H](CCCc1ccncc1)C(=O)N[C@H]1Cc2cn(c3ccccc23)CCOCCNC1=O. The van der Waals surface area contributed by atoms with Crippen LogP contribution in [0.3, 0.4) is 0 Å². The Bertz CT molecular complexity index is 1230. The first kappa shape index (κ1) is 27.3. The molecule has 2 aromatic heterocycles. The van der Waals surface area contributed by atoms with Gasteiger partial charge in [0.1, 0.15) is 6.04 Å². The molecule has 38 heavy (non-hydrogen) atoms. The van der Waals surface area contributed by atoms with Gasteiger partial charge in [0.25, 0.3) is 0 Å². The molecular weight excluding hydrogens is 484 g/mol. The number of hydrogen-bond donors (Lipinski definition) is 2. The van der Waals surface area contributed by atoms with Crippen molar-refractivity contribution in [3.63, 3.8) is 0 Å². The van der Waals surface area contributed by atoms with Crippen LogP contribution < -0.4 is 10.6 Å². The number of fused-ring (bicyclic) bond motifs is 5. The maximum absolute atomic E-state index is 13.5. The van der Waals surface area contributed by atoms with Gasteiger partial charge in [0.05, 0.1) is 26.2 Å². The highest BCUT2D eigenvalue weighted by Crippen LogP contribution is 2.23. The van der Waals surface area contributed by atoms with Gasteiger partial charge in [-0.3, -0.25) is 19.4 Å². The van der Waals surface area contributed by atoms with Gasteiger partial charge in [0, 0.05) is 54.9 Å². The van der Waals surface area contributed by atoms with Crippen LogP contribution in [0.4, 0.5) is 0 Å². The van der Waals surface area contributed by atoms with E-state index in [2.05, 4.69) is 20.2 Å². The number of carbonyl (C=O) groups excluding carboxylic acids is 3. The third-order valence-electron chi connectivity index (χ3n) is 6.81. The van der Waals surface area contributed by atoms with Crippen molar-refractivity contribution in [2.45, 2.75) is 51.6 Å². The normalized spacial score (nSPS) is 17.1. The first-order valence-corrected chi connectivity index (χ1v) is 13.3. The molecule has 3 aromatic rings. The number of para-hydroxylation sites is 1. The van der Waals surface area contributed by atoms with Crippen LogP contribution in [0.5, 0.6) is 0 Å². The van der Waals surface area contributed by atoms with Crippen molar-refractivity contribution in [1.29, 1.82) is 0 Å². The molecule has 0 fully saturated rings. The summed E-state index contributed by atoms with van der Waals surface area (Å²) in [4.78, 5) is 43.0. The summed E-state index contributed by atoms with van der Waals surface area (Å²) in [6, 6.07) is 11.1. The predicted octanol–water partition coefficient (Wildman–Crippen LogP) is 2.80. The quantitative estimate of drug-likeness (QED) is 0.420. The van der Waals surface area contributed by atoms with Crippen LogP contribution in [0.25, 0.3) is 10.9 Å². The van der Waals surface area contributed by atoms with E-state index in [1.807, 2.05) is 42.6 Å². The predicted molar refractivity (Wildman–Crippen MR) is 143 cm³/mol. The lowest BCUT2D eigenvalue weighted by atomic mass is 9.95. The molecule has 0 radical (unpaired) electrons. The number of amides is 2. The molecule has 9 nitrogen and oxygen atoms in total. The summed E-state index contributed by atoms with van der Waals surface area (Å²) in [5, 5.41) is 6.89. The van der Waals surface area contributed by atoms with Gasteiger partial charge >= 0.3 is 5.97 Å². The molecule has 2 atom stereocenters. The number of carbonyl (C=O) groups is 3. The van der Waals surface area contributed by atoms with Gasteiger partial charge in [-0.1, -0.05) is 18.2 Å². The van der Waals surface area contributed by atoms with Crippen LogP contribution in [0.2, 0.25) is 0 Å². The lowest BCUT2D eigenvalue weighted by Gasteiger charge is -2.22.